The van der Waals surface area contributed by atoms with E-state index in [1.165, 1.54) is 5.57 Å². The van der Waals surface area contributed by atoms with Crippen LogP contribution in [0.1, 0.15) is 153 Å². The molecule has 3 saturated carbocycles. The molecule has 0 bridgehead atoms. The minimum absolute atomic E-state index is 0.0281. The molecule has 290 valence electrons. The van der Waals surface area contributed by atoms with Crippen LogP contribution in [0.4, 0.5) is 0 Å². The molecule has 0 aromatic rings. The van der Waals surface area contributed by atoms with Gasteiger partial charge >= 0.3 is 11.9 Å². The molecular formula is C43H71NO7. The highest BCUT2D eigenvalue weighted by Gasteiger charge is 2.67. The molecule has 2 N–H and O–H groups in total. The van der Waals surface area contributed by atoms with Crippen LogP contribution in [0.2, 0.25) is 0 Å². The maximum absolute atomic E-state index is 14.0. The lowest BCUT2D eigenvalue weighted by Gasteiger charge is -2.68. The minimum Gasteiger partial charge on any atom is -0.481 e. The first-order valence-electron chi connectivity index (χ1n) is 20.1. The number of hydrogen-bond donors (Lipinski definition) is 2. The van der Waals surface area contributed by atoms with Crippen molar-refractivity contribution in [2.24, 2.45) is 56.7 Å². The monoisotopic (exact) mass is 714 g/mol. The third-order valence-corrected chi connectivity index (χ3v) is 14.8. The number of likely N-dealkylation sites (N-methyl/N-ethyl adjacent to an activating group) is 1. The molecule has 8 nitrogen and oxygen atoms in total. The summed E-state index contributed by atoms with van der Waals surface area (Å²) in [6, 6.07) is 0. The average Bonchev–Trinajstić information content (AvgIpc) is 3.32. The van der Waals surface area contributed by atoms with Gasteiger partial charge in [0.25, 0.3) is 0 Å². The molecule has 51 heavy (non-hydrogen) atoms. The van der Waals surface area contributed by atoms with Crippen LogP contribution in [0.3, 0.4) is 0 Å². The lowest BCUT2D eigenvalue weighted by molar-refractivity contribution is -0.178. The van der Waals surface area contributed by atoms with Gasteiger partial charge in [0.15, 0.2) is 5.78 Å². The van der Waals surface area contributed by atoms with Gasteiger partial charge in [-0.05, 0) is 117 Å². The summed E-state index contributed by atoms with van der Waals surface area (Å²) in [5.41, 5.74) is 0.388. The molecule has 0 spiro atoms. The number of aliphatic hydroxyl groups excluding tert-OH is 1. The van der Waals surface area contributed by atoms with E-state index in [2.05, 4.69) is 48.5 Å². The Labute approximate surface area is 308 Å². The quantitative estimate of drug-likeness (QED) is 0.173. The number of carboxylic acid groups (broad SMARTS) is 1. The molecule has 0 heterocycles. The van der Waals surface area contributed by atoms with E-state index in [9.17, 15) is 29.4 Å². The van der Waals surface area contributed by atoms with E-state index in [0.717, 1.165) is 63.4 Å². The second-order valence-electron chi connectivity index (χ2n) is 19.8. The van der Waals surface area contributed by atoms with Crippen molar-refractivity contribution in [3.63, 3.8) is 0 Å². The zero-order valence-corrected chi connectivity index (χ0v) is 34.1. The Morgan fingerprint density at radius 1 is 0.961 bits per heavy atom. The van der Waals surface area contributed by atoms with Crippen LogP contribution in [0.25, 0.3) is 0 Å². The Bertz CT molecular complexity index is 1380. The fourth-order valence-electron chi connectivity index (χ4n) is 11.5. The second kappa shape index (κ2) is 14.9. The number of aliphatic hydroxyl groups is 1. The van der Waals surface area contributed by atoms with Crippen molar-refractivity contribution in [1.29, 1.82) is 0 Å². The molecule has 8 atom stereocenters. The summed E-state index contributed by atoms with van der Waals surface area (Å²) in [5.74, 6) is -0.142. The first-order valence-corrected chi connectivity index (χ1v) is 20.1. The number of fused-ring (bicyclic) bond motifs is 5. The largest absolute Gasteiger partial charge is 0.481 e. The Kier molecular flexibility index (Phi) is 12.1. The summed E-state index contributed by atoms with van der Waals surface area (Å²) >= 11 is 0. The van der Waals surface area contributed by atoms with Crippen LogP contribution in [-0.4, -0.2) is 64.5 Å². The summed E-state index contributed by atoms with van der Waals surface area (Å²) in [6.45, 7) is 23.3. The van der Waals surface area contributed by atoms with E-state index in [0.29, 0.717) is 18.8 Å². The number of esters is 1. The average molecular weight is 714 g/mol. The van der Waals surface area contributed by atoms with Crippen molar-refractivity contribution in [3.8, 4) is 0 Å². The van der Waals surface area contributed by atoms with Gasteiger partial charge in [0.2, 0.25) is 5.91 Å². The van der Waals surface area contributed by atoms with Crippen LogP contribution in [0.5, 0.6) is 0 Å². The molecule has 1 amide bonds. The van der Waals surface area contributed by atoms with Gasteiger partial charge in [-0.2, -0.15) is 0 Å². The van der Waals surface area contributed by atoms with Crippen molar-refractivity contribution in [2.45, 2.75) is 165 Å². The number of aliphatic carboxylic acids is 1. The van der Waals surface area contributed by atoms with Crippen LogP contribution in [-0.2, 0) is 23.9 Å². The number of carbonyl (C=O) groups excluding carboxylic acids is 3. The predicted octanol–water partition coefficient (Wildman–Crippen LogP) is 8.64. The van der Waals surface area contributed by atoms with Crippen molar-refractivity contribution in [3.05, 3.63) is 11.1 Å². The molecule has 4 aliphatic rings. The molecule has 0 aromatic carbocycles. The topological polar surface area (TPSA) is 121 Å². The van der Waals surface area contributed by atoms with E-state index in [4.69, 9.17) is 4.74 Å². The Hall–Kier alpha value is -2.22. The van der Waals surface area contributed by atoms with Crippen LogP contribution in [0, 0.1) is 56.7 Å². The van der Waals surface area contributed by atoms with Gasteiger partial charge in [-0.3, -0.25) is 19.2 Å². The lowest BCUT2D eigenvalue weighted by atomic mass is 9.36. The van der Waals surface area contributed by atoms with Crippen molar-refractivity contribution < 1.29 is 34.1 Å². The molecule has 0 aliphatic heterocycles. The number of hydrogen-bond acceptors (Lipinski definition) is 6. The molecule has 8 heteroatoms. The zero-order chi connectivity index (χ0) is 38.5. The highest BCUT2D eigenvalue weighted by Crippen LogP contribution is 2.74. The first-order chi connectivity index (χ1) is 23.5. The van der Waals surface area contributed by atoms with Crippen molar-refractivity contribution in [2.75, 3.05) is 13.6 Å². The van der Waals surface area contributed by atoms with Crippen LogP contribution >= 0.6 is 0 Å². The third kappa shape index (κ3) is 7.60. The standard InChI is InChI=1S/C43H71NO7/c1-26(2)22-34(47)44(12)25-33(46)43-21-20-41(10)29(37(43)36(28(5)6)30(45)23-43)14-15-32-40(9,17-13-18-42(32,41)11)19-16-31(27(3)4)51-35(48)24-39(7,8)38(49)50/h26-29,31-33,46H,13-25H2,1-12H3,(H,49,50). The van der Waals surface area contributed by atoms with E-state index < -0.39 is 28.9 Å². The van der Waals surface area contributed by atoms with E-state index in [-0.39, 0.29) is 70.7 Å². The number of carboxylic acids is 1. The molecule has 8 unspecified atom stereocenters. The zero-order valence-electron chi connectivity index (χ0n) is 34.1. The Balaban J connectivity index is 1.62. The number of carbonyl (C=O) groups is 4. The molecule has 4 aliphatic carbocycles. The minimum atomic E-state index is -1.17. The normalized spacial score (nSPS) is 33.5. The van der Waals surface area contributed by atoms with Gasteiger partial charge in [0.05, 0.1) is 17.9 Å². The van der Waals surface area contributed by atoms with Gasteiger partial charge in [-0.25, -0.2) is 0 Å². The van der Waals surface area contributed by atoms with E-state index in [1.807, 2.05) is 13.8 Å². The number of ketones is 1. The molecule has 4 rings (SSSR count). The van der Waals surface area contributed by atoms with Gasteiger partial charge in [0.1, 0.15) is 6.10 Å². The fraction of sp³-hybridized carbons (Fsp3) is 0.860. The summed E-state index contributed by atoms with van der Waals surface area (Å²) < 4.78 is 6.00. The first kappa shape index (κ1) is 41.5. The third-order valence-electron chi connectivity index (χ3n) is 14.8. The second-order valence-corrected chi connectivity index (χ2v) is 19.8. The van der Waals surface area contributed by atoms with Crippen molar-refractivity contribution >= 4 is 23.6 Å². The van der Waals surface area contributed by atoms with E-state index >= 15 is 0 Å². The highest BCUT2D eigenvalue weighted by atomic mass is 16.5. The van der Waals surface area contributed by atoms with Gasteiger partial charge in [0, 0.05) is 31.8 Å². The number of nitrogens with zero attached hydrogens (tertiary/aromatic N) is 1. The Morgan fingerprint density at radius 2 is 1.61 bits per heavy atom. The highest BCUT2D eigenvalue weighted by molar-refractivity contribution is 6.00. The maximum atomic E-state index is 14.0. The number of ether oxygens (including phenoxy) is 1. The number of rotatable bonds is 14. The number of amides is 1. The SMILES string of the molecule is CC(C)CC(=O)N(C)CC(O)C12CCC3(C)C(CCC4C(C)(CCC(OC(=O)CC(C)(C)C(=O)O)C(C)C)CCCC43C)C1=C(C(C)C)C(=O)C2. The predicted molar refractivity (Wildman–Crippen MR) is 201 cm³/mol. The fourth-order valence-corrected chi connectivity index (χ4v) is 11.5. The maximum Gasteiger partial charge on any atom is 0.309 e. The smallest absolute Gasteiger partial charge is 0.309 e. The Morgan fingerprint density at radius 3 is 2.18 bits per heavy atom. The van der Waals surface area contributed by atoms with Gasteiger partial charge < -0.3 is 19.8 Å². The summed E-state index contributed by atoms with van der Waals surface area (Å²) in [4.78, 5) is 53.3. The van der Waals surface area contributed by atoms with Gasteiger partial charge in [-0.1, -0.05) is 74.3 Å². The molecule has 0 aromatic heterocycles. The lowest BCUT2D eigenvalue weighted by Crippen LogP contribution is -2.62. The molecule has 3 fully saturated rings. The summed E-state index contributed by atoms with van der Waals surface area (Å²) in [6.07, 6.45) is 8.34. The summed E-state index contributed by atoms with van der Waals surface area (Å²) in [7, 11) is 1.79. The number of Topliss-reactive ketones (excluding diaryl/α,β-unsaturated/α-hetero) is 1. The van der Waals surface area contributed by atoms with Gasteiger partial charge in [-0.15, -0.1) is 0 Å². The molecule has 0 saturated heterocycles. The molecular weight excluding hydrogens is 642 g/mol. The van der Waals surface area contributed by atoms with Crippen LogP contribution < -0.4 is 0 Å². The number of allylic oxidation sites excluding steroid dienone is 1. The van der Waals surface area contributed by atoms with Crippen LogP contribution in [0.15, 0.2) is 11.1 Å². The summed E-state index contributed by atoms with van der Waals surface area (Å²) in [5, 5.41) is 21.7. The van der Waals surface area contributed by atoms with Crippen molar-refractivity contribution in [1.82, 2.24) is 4.90 Å². The molecule has 0 radical (unpaired) electrons. The van der Waals surface area contributed by atoms with E-state index in [1.54, 1.807) is 25.8 Å².